The summed E-state index contributed by atoms with van der Waals surface area (Å²) in [6.07, 6.45) is 1.43. The van der Waals surface area contributed by atoms with Gasteiger partial charge in [0.15, 0.2) is 0 Å². The topological polar surface area (TPSA) is 104 Å². The fourth-order valence-corrected chi connectivity index (χ4v) is 1.88. The van der Waals surface area contributed by atoms with Gasteiger partial charge in [-0.25, -0.2) is 0 Å². The predicted octanol–water partition coefficient (Wildman–Crippen LogP) is -0.0681. The summed E-state index contributed by atoms with van der Waals surface area (Å²) in [5.41, 5.74) is 5.33. The Morgan fingerprint density at radius 3 is 2.67 bits per heavy atom. The van der Waals surface area contributed by atoms with Crippen molar-refractivity contribution in [1.29, 1.82) is 5.41 Å². The molecule has 0 rings (SSSR count). The van der Waals surface area contributed by atoms with E-state index in [1.54, 1.807) is 0 Å². The lowest BCUT2D eigenvalue weighted by atomic mass is 10.6. The van der Waals surface area contributed by atoms with Crippen LogP contribution in [0.25, 0.3) is 0 Å². The highest BCUT2D eigenvalue weighted by molar-refractivity contribution is 8.00. The van der Waals surface area contributed by atoms with E-state index < -0.39 is 10.1 Å². The molecule has 0 aromatic rings. The van der Waals surface area contributed by atoms with Gasteiger partial charge in [-0.2, -0.15) is 8.42 Å². The number of hydrogen-bond acceptors (Lipinski definition) is 5. The fraction of sp³-hybridized carbons (Fsp3) is 0.800. The van der Waals surface area contributed by atoms with Crippen LogP contribution in [-0.4, -0.2) is 36.1 Å². The molecule has 12 heavy (non-hydrogen) atoms. The van der Waals surface area contributed by atoms with E-state index in [2.05, 4.69) is 0 Å². The molecule has 0 aliphatic carbocycles. The van der Waals surface area contributed by atoms with E-state index in [9.17, 15) is 8.42 Å². The maximum absolute atomic E-state index is 10.2. The second kappa shape index (κ2) is 5.52. The molecule has 0 aromatic heterocycles. The van der Waals surface area contributed by atoms with Crippen molar-refractivity contribution >= 4 is 28.1 Å². The Kier molecular flexibility index (Phi) is 5.47. The summed E-state index contributed by atoms with van der Waals surface area (Å²) in [7, 11) is -3.84. The molecule has 0 saturated heterocycles. The van der Waals surface area contributed by atoms with Crippen LogP contribution in [0.5, 0.6) is 0 Å². The molecule has 0 radical (unpaired) electrons. The number of nitrogens with one attached hydrogen (secondary N) is 1. The van der Waals surface area contributed by atoms with Crippen molar-refractivity contribution in [3.05, 3.63) is 0 Å². The summed E-state index contributed by atoms with van der Waals surface area (Å²) in [4.78, 5) is 0. The van der Waals surface area contributed by atoms with Crippen LogP contribution in [0.1, 0.15) is 6.42 Å². The molecular weight excluding hydrogens is 200 g/mol. The lowest BCUT2D eigenvalue weighted by Crippen LogP contribution is -2.17. The molecule has 0 bridgehead atoms. The monoisotopic (exact) mass is 212 g/mol. The van der Waals surface area contributed by atoms with Crippen molar-refractivity contribution in [3.63, 3.8) is 0 Å². The molecule has 0 fully saturated rings. The summed E-state index contributed by atoms with van der Waals surface area (Å²) in [6, 6.07) is 0. The Hall–Kier alpha value is -0.110. The molecule has 1 unspecified atom stereocenters. The minimum Gasteiger partial charge on any atom is -0.315 e. The predicted molar refractivity (Wildman–Crippen MR) is 50.2 cm³/mol. The normalized spacial score (nSPS) is 14.2. The maximum atomic E-state index is 10.2. The molecule has 0 saturated carbocycles. The molecule has 72 valence electrons. The highest BCUT2D eigenvalue weighted by Crippen LogP contribution is 2.05. The quantitative estimate of drug-likeness (QED) is 0.247. The fourth-order valence-electron chi connectivity index (χ4n) is 0.509. The van der Waals surface area contributed by atoms with Gasteiger partial charge in [-0.05, 0) is 12.2 Å². The Labute approximate surface area is 76.0 Å². The molecule has 7 heteroatoms. The van der Waals surface area contributed by atoms with Crippen molar-refractivity contribution in [2.24, 2.45) is 5.73 Å². The molecule has 0 aromatic carbocycles. The van der Waals surface area contributed by atoms with Gasteiger partial charge in [-0.1, -0.05) is 0 Å². The Balaban J connectivity index is 3.40. The van der Waals surface area contributed by atoms with Gasteiger partial charge in [0.1, 0.15) is 0 Å². The second-order valence-corrected chi connectivity index (χ2v) is 5.00. The number of rotatable bonds is 6. The first-order valence-corrected chi connectivity index (χ1v) is 5.94. The van der Waals surface area contributed by atoms with E-state index >= 15 is 0 Å². The second-order valence-electron chi connectivity index (χ2n) is 2.14. The number of hydrogen-bond donors (Lipinski definition) is 3. The molecule has 0 heterocycles. The number of nitrogens with two attached hydrogens (primary N) is 1. The molecule has 0 spiro atoms. The average Bonchev–Trinajstić information content (AvgIpc) is 1.96. The van der Waals surface area contributed by atoms with Crippen molar-refractivity contribution in [1.82, 2.24) is 0 Å². The highest BCUT2D eigenvalue weighted by Gasteiger charge is 2.04. The van der Waals surface area contributed by atoms with Crippen LogP contribution in [-0.2, 0) is 10.1 Å². The van der Waals surface area contributed by atoms with Crippen LogP contribution in [0.3, 0.4) is 0 Å². The first-order chi connectivity index (χ1) is 5.45. The summed E-state index contributed by atoms with van der Waals surface area (Å²) >= 11 is 1.28. The first-order valence-electron chi connectivity index (χ1n) is 3.28. The van der Waals surface area contributed by atoms with E-state index in [-0.39, 0.29) is 11.1 Å². The molecule has 1 atom stereocenters. The molecule has 5 nitrogen and oxygen atoms in total. The van der Waals surface area contributed by atoms with E-state index in [4.69, 9.17) is 15.7 Å². The van der Waals surface area contributed by atoms with Gasteiger partial charge in [0.2, 0.25) is 0 Å². The summed E-state index contributed by atoms with van der Waals surface area (Å²) in [5.74, 6) is 0.279. The van der Waals surface area contributed by atoms with Gasteiger partial charge in [0.25, 0.3) is 10.1 Å². The lowest BCUT2D eigenvalue weighted by Gasteiger charge is -2.02. The van der Waals surface area contributed by atoms with Crippen LogP contribution in [0.15, 0.2) is 0 Å². The van der Waals surface area contributed by atoms with Gasteiger partial charge in [0.05, 0.1) is 11.1 Å². The zero-order valence-corrected chi connectivity index (χ0v) is 8.07. The van der Waals surface area contributed by atoms with Gasteiger partial charge >= 0.3 is 0 Å². The molecule has 4 N–H and O–H groups in total. The third kappa shape index (κ3) is 7.99. The number of thioether (sulfide) groups is 1. The molecule has 0 aliphatic rings. The first kappa shape index (κ1) is 11.9. The minimum absolute atomic E-state index is 0.245. The summed E-state index contributed by atoms with van der Waals surface area (Å²) in [6.45, 7) is 0. The van der Waals surface area contributed by atoms with Gasteiger partial charge < -0.3 is 11.1 Å². The minimum atomic E-state index is -3.84. The van der Waals surface area contributed by atoms with Crippen molar-refractivity contribution < 1.29 is 13.0 Å². The maximum Gasteiger partial charge on any atom is 0.264 e. The van der Waals surface area contributed by atoms with Crippen LogP contribution in [0, 0.1) is 5.41 Å². The van der Waals surface area contributed by atoms with Crippen molar-refractivity contribution in [2.75, 3.05) is 11.5 Å². The van der Waals surface area contributed by atoms with E-state index in [0.717, 1.165) is 6.21 Å². The Morgan fingerprint density at radius 2 is 2.25 bits per heavy atom. The van der Waals surface area contributed by atoms with Crippen LogP contribution in [0.4, 0.5) is 0 Å². The largest absolute Gasteiger partial charge is 0.315 e. The van der Waals surface area contributed by atoms with E-state index in [1.807, 2.05) is 0 Å². The van der Waals surface area contributed by atoms with E-state index in [0.29, 0.717) is 12.2 Å². The van der Waals surface area contributed by atoms with Gasteiger partial charge in [0, 0.05) is 6.21 Å². The van der Waals surface area contributed by atoms with Crippen LogP contribution in [0.2, 0.25) is 0 Å². The van der Waals surface area contributed by atoms with E-state index in [1.165, 1.54) is 11.8 Å². The molecular formula is C5H12N2O3S2. The molecule has 0 amide bonds. The smallest absolute Gasteiger partial charge is 0.264 e. The Bertz CT molecular complexity index is 227. The van der Waals surface area contributed by atoms with Crippen molar-refractivity contribution in [3.8, 4) is 0 Å². The zero-order valence-electron chi connectivity index (χ0n) is 6.43. The van der Waals surface area contributed by atoms with Crippen LogP contribution >= 0.6 is 11.8 Å². The zero-order chi connectivity index (χ0) is 9.61. The summed E-state index contributed by atoms with van der Waals surface area (Å²) < 4.78 is 28.8. The summed E-state index contributed by atoms with van der Waals surface area (Å²) in [5, 5.41) is 6.35. The van der Waals surface area contributed by atoms with Crippen molar-refractivity contribution in [2.45, 2.75) is 11.8 Å². The Morgan fingerprint density at radius 1 is 1.67 bits per heavy atom. The average molecular weight is 212 g/mol. The van der Waals surface area contributed by atoms with Gasteiger partial charge in [-0.15, -0.1) is 11.8 Å². The van der Waals surface area contributed by atoms with Crippen LogP contribution < -0.4 is 5.73 Å². The third-order valence-electron chi connectivity index (χ3n) is 1.02. The third-order valence-corrected chi connectivity index (χ3v) is 2.87. The molecule has 0 aliphatic heterocycles. The lowest BCUT2D eigenvalue weighted by molar-refractivity contribution is 0.482. The standard InChI is InChI=1S/C5H12N2O3S2/c6-4-5(7)11-2-1-3-12(8,9)10/h4-6H,1-3,7H2,(H,8,9,10). The van der Waals surface area contributed by atoms with Gasteiger partial charge in [-0.3, -0.25) is 4.55 Å². The highest BCUT2D eigenvalue weighted by atomic mass is 32.2. The SMILES string of the molecule is N=CC(N)SCCCS(=O)(=O)O.